The number of carbonyl (C=O) groups is 1. The number of hydroxylamine groups is 1. The molecule has 6 aromatic carbocycles. The lowest BCUT2D eigenvalue weighted by Crippen LogP contribution is -2.28. The molecule has 0 aliphatic carbocycles. The summed E-state index contributed by atoms with van der Waals surface area (Å²) in [5.74, 6) is 1.64. The van der Waals surface area contributed by atoms with E-state index in [4.69, 9.17) is 18.0 Å². The fraction of sp³-hybridized carbons (Fsp3) is 0.226. The molecule has 1 aliphatic rings. The predicted octanol–water partition coefficient (Wildman–Crippen LogP) is 13.1. The third kappa shape index (κ3) is 15.2. The van der Waals surface area contributed by atoms with Crippen molar-refractivity contribution in [2.75, 3.05) is 26.7 Å². The lowest BCUT2D eigenvalue weighted by Gasteiger charge is -2.24. The van der Waals surface area contributed by atoms with Crippen molar-refractivity contribution >= 4 is 89.4 Å². The molecule has 4 heterocycles. The van der Waals surface area contributed by atoms with Crippen molar-refractivity contribution in [2.45, 2.75) is 73.4 Å². The van der Waals surface area contributed by atoms with Crippen LogP contribution in [-0.4, -0.2) is 82.0 Å². The van der Waals surface area contributed by atoms with Gasteiger partial charge in [0.25, 0.3) is 5.89 Å². The molecule has 0 spiro atoms. The largest absolute Gasteiger partial charge is 0.391 e. The van der Waals surface area contributed by atoms with Crippen LogP contribution >= 0.6 is 24.1 Å². The predicted molar refractivity (Wildman–Crippen MR) is 327 cm³/mol. The van der Waals surface area contributed by atoms with Crippen LogP contribution in [-0.2, 0) is 58.9 Å². The molecule has 1 aliphatic heterocycles. The first kappa shape index (κ1) is 61.6. The molecular formula is C62H62N6O11S4. The Morgan fingerprint density at radius 1 is 0.663 bits per heavy atom. The summed E-state index contributed by atoms with van der Waals surface area (Å²) in [6.07, 6.45) is 9.47. The molecule has 1 N–H and O–H groups in total. The van der Waals surface area contributed by atoms with Crippen molar-refractivity contribution in [3.8, 4) is 22.3 Å². The molecule has 1 unspecified atom stereocenters. The smallest absolute Gasteiger partial charge is 0.258 e. The van der Waals surface area contributed by atoms with Gasteiger partial charge in [0.2, 0.25) is 5.90 Å². The van der Waals surface area contributed by atoms with Crippen LogP contribution in [0.25, 0.3) is 55.7 Å². The first-order chi connectivity index (χ1) is 39.6. The number of carbonyl (C=O) groups excluding carboxylic acids is 1. The highest BCUT2D eigenvalue weighted by molar-refractivity contribution is 7.94. The summed E-state index contributed by atoms with van der Waals surface area (Å²) in [7, 11) is -3.77. The van der Waals surface area contributed by atoms with Crippen molar-refractivity contribution in [1.29, 1.82) is 0 Å². The maximum atomic E-state index is 12.7. The van der Waals surface area contributed by atoms with Gasteiger partial charge in [-0.1, -0.05) is 78.0 Å². The van der Waals surface area contributed by atoms with Gasteiger partial charge in [-0.05, 0) is 159 Å². The number of nitrogens with one attached hydrogen (secondary N) is 1. The van der Waals surface area contributed by atoms with Gasteiger partial charge in [0.1, 0.15) is 12.5 Å². The van der Waals surface area contributed by atoms with Gasteiger partial charge in [-0.3, -0.25) is 14.8 Å². The number of benzene rings is 6. The van der Waals surface area contributed by atoms with Crippen molar-refractivity contribution in [1.82, 2.24) is 25.6 Å². The van der Waals surface area contributed by atoms with Crippen LogP contribution in [0.3, 0.4) is 0 Å². The zero-order valence-corrected chi connectivity index (χ0v) is 50.6. The lowest BCUT2D eigenvalue weighted by atomic mass is 9.92. The summed E-state index contributed by atoms with van der Waals surface area (Å²) in [4.78, 5) is 45.2. The number of aldehydes is 1. The maximum absolute atomic E-state index is 12.7. The zero-order valence-electron chi connectivity index (χ0n) is 47.3. The molecule has 430 valence electrons. The minimum Gasteiger partial charge on any atom is -0.391 e. The fourth-order valence-corrected chi connectivity index (χ4v) is 10.4. The van der Waals surface area contributed by atoms with E-state index >= 15 is 0 Å². The molecule has 10 rings (SSSR count). The molecule has 17 nitrogen and oxygen atoms in total. The number of fused-ring (bicyclic) bond motifs is 2. The van der Waals surface area contributed by atoms with E-state index in [-0.39, 0.29) is 6.17 Å². The van der Waals surface area contributed by atoms with Gasteiger partial charge in [0, 0.05) is 67.7 Å². The molecule has 0 saturated heterocycles. The average Bonchev–Trinajstić information content (AvgIpc) is 4.30. The van der Waals surface area contributed by atoms with Crippen LogP contribution in [0.2, 0.25) is 0 Å². The Morgan fingerprint density at radius 3 is 1.63 bits per heavy atom. The van der Waals surface area contributed by atoms with Crippen LogP contribution < -0.4 is 5.48 Å². The molecular weight excluding hydrogens is 1130 g/mol. The Hall–Kier alpha value is -7.44. The molecule has 0 bridgehead atoms. The van der Waals surface area contributed by atoms with Crippen molar-refractivity contribution in [3.05, 3.63) is 203 Å². The van der Waals surface area contributed by atoms with Gasteiger partial charge in [-0.15, -0.1) is 5.48 Å². The molecule has 83 heavy (non-hydrogen) atoms. The maximum Gasteiger partial charge on any atom is 0.258 e. The quantitative estimate of drug-likeness (QED) is 0.0277. The summed E-state index contributed by atoms with van der Waals surface area (Å²) in [6.45, 7) is 10.6. The Balaban J connectivity index is 0.000000181. The summed E-state index contributed by atoms with van der Waals surface area (Å²) in [5.41, 5.74) is 13.4. The van der Waals surface area contributed by atoms with E-state index in [1.165, 1.54) is 38.8 Å². The molecule has 0 fully saturated rings. The van der Waals surface area contributed by atoms with Gasteiger partial charge in [-0.2, -0.15) is 13.7 Å². The Morgan fingerprint density at radius 2 is 1.17 bits per heavy atom. The van der Waals surface area contributed by atoms with E-state index in [1.54, 1.807) is 59.1 Å². The standard InChI is InChI=1S/C31H29N3O5S2.C20H19NO3S.C11H14N2O3S/c1-20-33-30(38-34-20)28(22-11-13-26(14-12-22)40-39-37-4)17-21-8-6-9-23(16-21)27-19-25(31(2,3)41(5,35)36)18-24-10-7-15-32-29(24)27;1-20(2,25(3,23)24)17-11-16-8-5-9-21-19(16)18(12-17)15-7-4-6-14(10-15)13-22;1-8-12-11(15-13-8)7-9-3-5-10(6-4-9)17-16-14-2/h6-19H,1-5H3;4-13H,1-3H3;3-6,8,13H,7H2,1-2H3/b28-17+;;. The van der Waals surface area contributed by atoms with E-state index in [1.807, 2.05) is 146 Å². The summed E-state index contributed by atoms with van der Waals surface area (Å²) < 4.78 is 63.1. The van der Waals surface area contributed by atoms with Crippen LogP contribution in [0.1, 0.15) is 84.5 Å². The first-order valence-corrected chi connectivity index (χ1v) is 31.1. The minimum atomic E-state index is -3.38. The van der Waals surface area contributed by atoms with Crippen LogP contribution in [0.4, 0.5) is 0 Å². The van der Waals surface area contributed by atoms with Gasteiger partial charge < -0.3 is 9.36 Å². The van der Waals surface area contributed by atoms with E-state index in [0.717, 1.165) is 94.4 Å². The molecule has 0 amide bonds. The number of aliphatic imine (C=N–C) groups is 1. The molecule has 0 radical (unpaired) electrons. The second-order valence-corrected chi connectivity index (χ2v) is 26.9. The lowest BCUT2D eigenvalue weighted by molar-refractivity contribution is -0.160. The zero-order chi connectivity index (χ0) is 59.5. The van der Waals surface area contributed by atoms with Crippen molar-refractivity contribution in [2.24, 2.45) is 4.99 Å². The molecule has 1 atom stereocenters. The van der Waals surface area contributed by atoms with E-state index in [2.05, 4.69) is 40.4 Å². The number of rotatable bonds is 18. The number of aromatic nitrogens is 4. The summed E-state index contributed by atoms with van der Waals surface area (Å²) in [6, 6.07) is 46.0. The highest BCUT2D eigenvalue weighted by Crippen LogP contribution is 2.39. The van der Waals surface area contributed by atoms with Crippen LogP contribution in [0.15, 0.2) is 177 Å². The molecule has 3 aromatic heterocycles. The molecule has 9 aromatic rings. The average molecular weight is 1200 g/mol. The van der Waals surface area contributed by atoms with E-state index < -0.39 is 29.2 Å². The van der Waals surface area contributed by atoms with Gasteiger partial charge in [0.15, 0.2) is 25.5 Å². The number of hydrogen-bond acceptors (Lipinski definition) is 19. The van der Waals surface area contributed by atoms with E-state index in [9.17, 15) is 21.6 Å². The van der Waals surface area contributed by atoms with Crippen LogP contribution in [0.5, 0.6) is 0 Å². The van der Waals surface area contributed by atoms with Crippen molar-refractivity contribution in [3.63, 3.8) is 0 Å². The van der Waals surface area contributed by atoms with Gasteiger partial charge in [0.05, 0.1) is 65.3 Å². The number of sulfone groups is 2. The second kappa shape index (κ2) is 26.9. The summed E-state index contributed by atoms with van der Waals surface area (Å²) in [5, 5.41) is 5.72. The monoisotopic (exact) mass is 1190 g/mol. The summed E-state index contributed by atoms with van der Waals surface area (Å²) >= 11 is 2.29. The molecule has 0 saturated carbocycles. The van der Waals surface area contributed by atoms with E-state index in [0.29, 0.717) is 40.7 Å². The SMILES string of the molecule is CC(C)(c1cc(-c2cccc(C=O)c2)c2ncccc2c1)S(C)(=O)=O.COOSc1ccc(/C(=C\c2cccc(-c3cc(C(C)(C)S(C)(=O)=O)cc4cccnc34)c2)c2nc(C)no2)cc1.COOSc1ccc(CC2=NC(C)NO2)cc1. The minimum absolute atomic E-state index is 0.0370. The topological polar surface area (TPSA) is 221 Å². The molecule has 21 heteroatoms. The number of aryl methyl sites for hydroxylation is 1. The number of pyridine rings is 2. The normalized spacial score (nSPS) is 13.8. The fourth-order valence-electron chi connectivity index (χ4n) is 8.54. The van der Waals surface area contributed by atoms with Gasteiger partial charge in [-0.25, -0.2) is 31.6 Å². The Bertz CT molecular complexity index is 4060. The van der Waals surface area contributed by atoms with Gasteiger partial charge >= 0.3 is 0 Å². The Labute approximate surface area is 492 Å². The highest BCUT2D eigenvalue weighted by atomic mass is 32.2. The highest BCUT2D eigenvalue weighted by Gasteiger charge is 2.34. The van der Waals surface area contributed by atoms with Crippen LogP contribution in [0, 0.1) is 6.92 Å². The number of nitrogens with zero attached hydrogens (tertiary/aromatic N) is 5. The first-order valence-electron chi connectivity index (χ1n) is 25.9. The third-order valence-electron chi connectivity index (χ3n) is 13.8. The van der Waals surface area contributed by atoms with Crippen molar-refractivity contribution < 1.29 is 49.4 Å². The number of hydrogen-bond donors (Lipinski definition) is 1. The Kier molecular flexibility index (Phi) is 19.9. The second-order valence-electron chi connectivity index (χ2n) is 20.2. The third-order valence-corrected chi connectivity index (χ3v) is 19.3.